The van der Waals surface area contributed by atoms with Crippen molar-refractivity contribution < 1.29 is 17.9 Å². The molecule has 0 aliphatic carbocycles. The lowest BCUT2D eigenvalue weighted by atomic mass is 10.1. The molecule has 204 valence electrons. The van der Waals surface area contributed by atoms with Gasteiger partial charge in [-0.2, -0.15) is 0 Å². The van der Waals surface area contributed by atoms with Gasteiger partial charge in [0, 0.05) is 52.9 Å². The van der Waals surface area contributed by atoms with Crippen LogP contribution in [0.1, 0.15) is 5.56 Å². The summed E-state index contributed by atoms with van der Waals surface area (Å²) in [7, 11) is -0.520. The van der Waals surface area contributed by atoms with Gasteiger partial charge in [0.05, 0.1) is 25.5 Å². The van der Waals surface area contributed by atoms with Gasteiger partial charge in [-0.1, -0.05) is 48.5 Å². The Hall–Kier alpha value is -4.47. The van der Waals surface area contributed by atoms with Gasteiger partial charge in [-0.05, 0) is 41.3 Å². The Morgan fingerprint density at radius 3 is 2.40 bits per heavy atom. The SMILES string of the molecule is COc1ccc(CNCCS(=O)(=O)Nc2ccc3ccc4ncc(-c5ccccc5)cc4c(=O)c3c2)c(OC)c1. The molecular weight excluding hydrogens is 526 g/mol. The van der Waals surface area contributed by atoms with Crippen LogP contribution >= 0.6 is 0 Å². The number of rotatable bonds is 10. The molecule has 5 aromatic rings. The van der Waals surface area contributed by atoms with Crippen molar-refractivity contribution in [3.63, 3.8) is 0 Å². The third-order valence-corrected chi connectivity index (χ3v) is 7.91. The highest BCUT2D eigenvalue weighted by Gasteiger charge is 2.13. The van der Waals surface area contributed by atoms with E-state index >= 15 is 0 Å². The predicted molar refractivity (Wildman–Crippen MR) is 160 cm³/mol. The van der Waals surface area contributed by atoms with Gasteiger partial charge in [0.25, 0.3) is 0 Å². The molecule has 9 heteroatoms. The average molecular weight is 556 g/mol. The van der Waals surface area contributed by atoms with Gasteiger partial charge in [-0.25, -0.2) is 8.42 Å². The summed E-state index contributed by atoms with van der Waals surface area (Å²) in [6.45, 7) is 0.652. The first-order valence-corrected chi connectivity index (χ1v) is 14.4. The Morgan fingerprint density at radius 1 is 0.825 bits per heavy atom. The Kier molecular flexibility index (Phi) is 7.95. The quantitative estimate of drug-likeness (QED) is 0.235. The number of nitrogens with one attached hydrogen (secondary N) is 2. The average Bonchev–Trinajstić information content (AvgIpc) is 3.11. The normalized spacial score (nSPS) is 11.4. The molecule has 0 bridgehead atoms. The van der Waals surface area contributed by atoms with Gasteiger partial charge < -0.3 is 14.8 Å². The summed E-state index contributed by atoms with van der Waals surface area (Å²) in [5.41, 5.74) is 3.36. The Balaban J connectivity index is 1.33. The van der Waals surface area contributed by atoms with Crippen LogP contribution in [0.3, 0.4) is 0 Å². The van der Waals surface area contributed by atoms with E-state index in [1.807, 2.05) is 54.6 Å². The molecule has 0 radical (unpaired) electrons. The minimum atomic E-state index is -3.68. The standard InChI is InChI=1S/C31H29N3O5S/c1-38-26-12-9-23(30(18-26)39-2)19-32-14-15-40(36,37)34-25-11-8-22-10-13-29-28(31(35)27(22)17-25)16-24(20-33-29)21-6-4-3-5-7-21/h3-13,16-18,20,32,34H,14-15,19H2,1-2H3. The lowest BCUT2D eigenvalue weighted by molar-refractivity contribution is 0.390. The topological polar surface area (TPSA) is 107 Å². The fourth-order valence-corrected chi connectivity index (χ4v) is 5.51. The van der Waals surface area contributed by atoms with Gasteiger partial charge >= 0.3 is 0 Å². The molecule has 0 spiro atoms. The second kappa shape index (κ2) is 11.7. The number of hydrogen-bond acceptors (Lipinski definition) is 7. The van der Waals surface area contributed by atoms with Crippen molar-refractivity contribution in [2.45, 2.75) is 6.54 Å². The maximum absolute atomic E-state index is 13.6. The molecule has 1 heterocycles. The van der Waals surface area contributed by atoms with E-state index in [1.165, 1.54) is 0 Å². The summed E-state index contributed by atoms with van der Waals surface area (Å²) in [5, 5.41) is 4.71. The van der Waals surface area contributed by atoms with Crippen LogP contribution in [0.25, 0.3) is 32.8 Å². The maximum atomic E-state index is 13.6. The fourth-order valence-electron chi connectivity index (χ4n) is 4.51. The van der Waals surface area contributed by atoms with Crippen molar-refractivity contribution in [2.24, 2.45) is 0 Å². The fraction of sp³-hybridized carbons (Fsp3) is 0.161. The Labute approximate surface area is 232 Å². The number of fused-ring (bicyclic) bond motifs is 2. The molecule has 0 unspecified atom stereocenters. The minimum Gasteiger partial charge on any atom is -0.497 e. The van der Waals surface area contributed by atoms with Crippen molar-refractivity contribution in [2.75, 3.05) is 31.2 Å². The molecule has 0 atom stereocenters. The molecule has 0 amide bonds. The van der Waals surface area contributed by atoms with Crippen molar-refractivity contribution in [3.05, 3.63) is 107 Å². The van der Waals surface area contributed by atoms with Gasteiger partial charge in [-0.15, -0.1) is 0 Å². The van der Waals surface area contributed by atoms with Crippen LogP contribution in [-0.4, -0.2) is 39.9 Å². The molecule has 0 saturated carbocycles. The number of hydrogen-bond donors (Lipinski definition) is 2. The summed E-state index contributed by atoms with van der Waals surface area (Å²) in [6.07, 6.45) is 1.75. The zero-order valence-electron chi connectivity index (χ0n) is 22.2. The third kappa shape index (κ3) is 6.06. The zero-order chi connectivity index (χ0) is 28.1. The van der Waals surface area contributed by atoms with Crippen molar-refractivity contribution >= 4 is 37.4 Å². The number of anilines is 1. The summed E-state index contributed by atoms with van der Waals surface area (Å²) < 4.78 is 38.9. The number of methoxy groups -OCH3 is 2. The number of sulfonamides is 1. The highest BCUT2D eigenvalue weighted by Crippen LogP contribution is 2.25. The van der Waals surface area contributed by atoms with Crippen LogP contribution in [0.4, 0.5) is 5.69 Å². The number of nitrogens with zero attached hydrogens (tertiary/aromatic N) is 1. The van der Waals surface area contributed by atoms with Crippen LogP contribution in [0.5, 0.6) is 11.5 Å². The maximum Gasteiger partial charge on any atom is 0.233 e. The van der Waals surface area contributed by atoms with Crippen molar-refractivity contribution in [1.29, 1.82) is 0 Å². The molecule has 0 fully saturated rings. The molecule has 4 aromatic carbocycles. The minimum absolute atomic E-state index is 0.149. The molecule has 5 rings (SSSR count). The summed E-state index contributed by atoms with van der Waals surface area (Å²) in [5.74, 6) is 1.19. The zero-order valence-corrected chi connectivity index (χ0v) is 23.0. The van der Waals surface area contributed by atoms with Crippen LogP contribution in [0.2, 0.25) is 0 Å². The van der Waals surface area contributed by atoms with E-state index in [1.54, 1.807) is 50.7 Å². The molecule has 0 saturated heterocycles. The summed E-state index contributed by atoms with van der Waals surface area (Å²) >= 11 is 0. The van der Waals surface area contributed by atoms with Gasteiger partial charge in [0.1, 0.15) is 11.5 Å². The largest absolute Gasteiger partial charge is 0.497 e. The van der Waals surface area contributed by atoms with Crippen molar-refractivity contribution in [1.82, 2.24) is 10.3 Å². The lowest BCUT2D eigenvalue weighted by Crippen LogP contribution is -2.26. The summed E-state index contributed by atoms with van der Waals surface area (Å²) in [4.78, 5) is 18.1. The molecular formula is C31H29N3O5S. The predicted octanol–water partition coefficient (Wildman–Crippen LogP) is 4.96. The molecule has 8 nitrogen and oxygen atoms in total. The molecule has 2 N–H and O–H groups in total. The van der Waals surface area contributed by atoms with Gasteiger partial charge in [-0.3, -0.25) is 14.5 Å². The first-order chi connectivity index (χ1) is 19.4. The second-order valence-electron chi connectivity index (χ2n) is 9.26. The van der Waals surface area contributed by atoms with Crippen LogP contribution in [-0.2, 0) is 16.6 Å². The number of ether oxygens (including phenoxy) is 2. The van der Waals surface area contributed by atoms with Crippen LogP contribution in [0, 0.1) is 0 Å². The molecule has 0 aliphatic heterocycles. The van der Waals surface area contributed by atoms with E-state index in [4.69, 9.17) is 9.47 Å². The van der Waals surface area contributed by atoms with E-state index in [2.05, 4.69) is 15.0 Å². The van der Waals surface area contributed by atoms with Crippen LogP contribution < -0.4 is 24.9 Å². The molecule has 0 aliphatic rings. The first-order valence-electron chi connectivity index (χ1n) is 12.7. The van der Waals surface area contributed by atoms with Gasteiger partial charge in [0.15, 0.2) is 5.43 Å². The molecule has 1 aromatic heterocycles. The number of benzene rings is 3. The van der Waals surface area contributed by atoms with Gasteiger partial charge in [0.2, 0.25) is 10.0 Å². The van der Waals surface area contributed by atoms with E-state index in [0.717, 1.165) is 16.7 Å². The van der Waals surface area contributed by atoms with E-state index in [9.17, 15) is 13.2 Å². The second-order valence-corrected chi connectivity index (χ2v) is 11.1. The lowest BCUT2D eigenvalue weighted by Gasteiger charge is -2.12. The number of aromatic nitrogens is 1. The summed E-state index contributed by atoms with van der Waals surface area (Å²) in [6, 6.07) is 25.6. The highest BCUT2D eigenvalue weighted by atomic mass is 32.2. The van der Waals surface area contributed by atoms with Crippen LogP contribution in [0.15, 0.2) is 95.9 Å². The number of pyridine rings is 1. The van der Waals surface area contributed by atoms with E-state index in [-0.39, 0.29) is 17.7 Å². The highest BCUT2D eigenvalue weighted by molar-refractivity contribution is 7.92. The molecule has 40 heavy (non-hydrogen) atoms. The Bertz CT molecular complexity index is 1840. The Morgan fingerprint density at radius 2 is 1.62 bits per heavy atom. The van der Waals surface area contributed by atoms with E-state index in [0.29, 0.717) is 45.4 Å². The third-order valence-electron chi connectivity index (χ3n) is 6.62. The monoisotopic (exact) mass is 555 g/mol. The van der Waals surface area contributed by atoms with E-state index < -0.39 is 10.0 Å². The smallest absolute Gasteiger partial charge is 0.233 e. The van der Waals surface area contributed by atoms with Crippen molar-refractivity contribution in [3.8, 4) is 22.6 Å². The first kappa shape index (κ1) is 27.1.